The van der Waals surface area contributed by atoms with Crippen molar-refractivity contribution in [1.82, 2.24) is 9.97 Å². The van der Waals surface area contributed by atoms with Crippen molar-refractivity contribution in [3.8, 4) is 16.9 Å². The van der Waals surface area contributed by atoms with Crippen molar-refractivity contribution in [2.24, 2.45) is 0 Å². The highest BCUT2D eigenvalue weighted by atomic mass is 16.5. The van der Waals surface area contributed by atoms with E-state index < -0.39 is 0 Å². The molecule has 0 aliphatic carbocycles. The van der Waals surface area contributed by atoms with E-state index in [1.54, 1.807) is 12.1 Å². The first-order chi connectivity index (χ1) is 19.7. The molecule has 5 heteroatoms. The van der Waals surface area contributed by atoms with Crippen LogP contribution in [0.2, 0.25) is 0 Å². The van der Waals surface area contributed by atoms with Gasteiger partial charge in [-0.2, -0.15) is 0 Å². The van der Waals surface area contributed by atoms with Crippen molar-refractivity contribution in [3.63, 3.8) is 0 Å². The van der Waals surface area contributed by atoms with E-state index >= 15 is 0 Å². The molecule has 40 heavy (non-hydrogen) atoms. The maximum Gasteiger partial charge on any atom is 0.338 e. The molecule has 0 amide bonds. The van der Waals surface area contributed by atoms with Gasteiger partial charge >= 0.3 is 5.97 Å². The van der Waals surface area contributed by atoms with Crippen molar-refractivity contribution in [2.45, 2.75) is 110 Å². The number of hydrogen-bond acceptors (Lipinski definition) is 5. The average Bonchev–Trinajstić information content (AvgIpc) is 2.99. The van der Waals surface area contributed by atoms with Gasteiger partial charge in [-0.05, 0) is 62.4 Å². The Balaban J connectivity index is 1.25. The number of unbranched alkanes of at least 4 members (excludes halogenated alkanes) is 10. The van der Waals surface area contributed by atoms with Crippen LogP contribution in [0.1, 0.15) is 114 Å². The van der Waals surface area contributed by atoms with Gasteiger partial charge < -0.3 is 9.47 Å². The Kier molecular flexibility index (Phi) is 14.9. The van der Waals surface area contributed by atoms with Gasteiger partial charge in [0.15, 0.2) is 0 Å². The van der Waals surface area contributed by atoms with Gasteiger partial charge in [0.2, 0.25) is 0 Å². The second-order valence-electron chi connectivity index (χ2n) is 10.8. The van der Waals surface area contributed by atoms with Gasteiger partial charge in [-0.25, -0.2) is 14.8 Å². The number of carbonyl (C=O) groups is 1. The van der Waals surface area contributed by atoms with Crippen LogP contribution in [-0.2, 0) is 11.2 Å². The zero-order chi connectivity index (χ0) is 28.3. The minimum Gasteiger partial charge on any atom is -0.494 e. The summed E-state index contributed by atoms with van der Waals surface area (Å²) in [6.45, 7) is 5.01. The molecule has 0 N–H and O–H groups in total. The van der Waals surface area contributed by atoms with E-state index in [-0.39, 0.29) is 12.1 Å². The molecule has 0 radical (unpaired) electrons. The molecule has 1 unspecified atom stereocenters. The summed E-state index contributed by atoms with van der Waals surface area (Å²) in [6, 6.07) is 17.4. The van der Waals surface area contributed by atoms with Gasteiger partial charge in [-0.15, -0.1) is 0 Å². The van der Waals surface area contributed by atoms with Crippen molar-refractivity contribution >= 4 is 5.97 Å². The molecular weight excluding hydrogens is 496 g/mol. The molecule has 1 heterocycles. The molecular formula is C35H48N2O3. The smallest absolute Gasteiger partial charge is 0.338 e. The normalized spacial score (nSPS) is 11.8. The fourth-order valence-electron chi connectivity index (χ4n) is 4.75. The predicted molar refractivity (Wildman–Crippen MR) is 164 cm³/mol. The van der Waals surface area contributed by atoms with E-state index in [1.165, 1.54) is 44.9 Å². The van der Waals surface area contributed by atoms with Gasteiger partial charge in [-0.3, -0.25) is 0 Å². The lowest BCUT2D eigenvalue weighted by Gasteiger charge is -2.13. The van der Waals surface area contributed by atoms with Crippen LogP contribution < -0.4 is 4.74 Å². The molecule has 1 atom stereocenters. The summed E-state index contributed by atoms with van der Waals surface area (Å²) in [5, 5.41) is 0. The van der Waals surface area contributed by atoms with Crippen LogP contribution in [0.3, 0.4) is 0 Å². The SMILES string of the molecule is CCCCCCCCCCOc1ccc(-c2cnc(CCCCCCC(C)OC(=O)c3ccccc3)nc2)cc1. The highest BCUT2D eigenvalue weighted by molar-refractivity contribution is 5.89. The molecule has 0 aliphatic rings. The molecule has 0 aliphatic heterocycles. The van der Waals surface area contributed by atoms with Crippen LogP contribution in [-0.4, -0.2) is 28.6 Å². The third-order valence-corrected chi connectivity index (χ3v) is 7.24. The molecule has 0 spiro atoms. The fraction of sp³-hybridized carbons (Fsp3) is 0.514. The first-order valence-corrected chi connectivity index (χ1v) is 15.5. The van der Waals surface area contributed by atoms with Gasteiger partial charge in [-0.1, -0.05) is 95.0 Å². The Morgan fingerprint density at radius 1 is 0.725 bits per heavy atom. The first-order valence-electron chi connectivity index (χ1n) is 15.5. The largest absolute Gasteiger partial charge is 0.494 e. The molecule has 1 aromatic heterocycles. The van der Waals surface area contributed by atoms with E-state index in [9.17, 15) is 4.79 Å². The van der Waals surface area contributed by atoms with Crippen LogP contribution in [0.4, 0.5) is 0 Å². The zero-order valence-corrected chi connectivity index (χ0v) is 24.7. The summed E-state index contributed by atoms with van der Waals surface area (Å²) in [7, 11) is 0. The summed E-state index contributed by atoms with van der Waals surface area (Å²) >= 11 is 0. The number of aryl methyl sites for hydroxylation is 1. The molecule has 3 aromatic rings. The molecule has 0 saturated heterocycles. The Labute approximate surface area is 241 Å². The number of hydrogen-bond donors (Lipinski definition) is 0. The number of carbonyl (C=O) groups excluding carboxylic acids is 1. The maximum absolute atomic E-state index is 12.1. The summed E-state index contributed by atoms with van der Waals surface area (Å²) in [5.74, 6) is 1.57. The van der Waals surface area contributed by atoms with Crippen LogP contribution in [0.25, 0.3) is 11.1 Å². The summed E-state index contributed by atoms with van der Waals surface area (Å²) < 4.78 is 11.5. The third-order valence-electron chi connectivity index (χ3n) is 7.24. The van der Waals surface area contributed by atoms with Crippen LogP contribution >= 0.6 is 0 Å². The second kappa shape index (κ2) is 19.0. The highest BCUT2D eigenvalue weighted by Gasteiger charge is 2.11. The van der Waals surface area contributed by atoms with Gasteiger partial charge in [0.1, 0.15) is 11.6 Å². The summed E-state index contributed by atoms with van der Waals surface area (Å²) in [5.41, 5.74) is 2.74. The Morgan fingerprint density at radius 2 is 1.35 bits per heavy atom. The molecule has 0 bridgehead atoms. The monoisotopic (exact) mass is 544 g/mol. The fourth-order valence-corrected chi connectivity index (χ4v) is 4.75. The molecule has 0 saturated carbocycles. The first kappa shape index (κ1) is 31.3. The number of aromatic nitrogens is 2. The van der Waals surface area contributed by atoms with E-state index in [2.05, 4.69) is 29.0 Å². The molecule has 0 fully saturated rings. The number of esters is 1. The standard InChI is InChI=1S/C35H48N2O3/c1-3-4-5-6-7-8-11-17-26-39-33-24-22-30(23-25-33)32-27-36-34(37-28-32)21-16-10-9-13-18-29(2)40-35(38)31-19-14-12-15-20-31/h12,14-15,19-20,22-25,27-29H,3-11,13,16-18,21,26H2,1-2H3. The van der Waals surface area contributed by atoms with E-state index in [0.29, 0.717) is 5.56 Å². The van der Waals surface area contributed by atoms with Crippen molar-refractivity contribution in [2.75, 3.05) is 6.61 Å². The Morgan fingerprint density at radius 3 is 2.05 bits per heavy atom. The lowest BCUT2D eigenvalue weighted by molar-refractivity contribution is 0.0319. The van der Waals surface area contributed by atoms with Crippen molar-refractivity contribution < 1.29 is 14.3 Å². The quantitative estimate of drug-likeness (QED) is 0.105. The predicted octanol–water partition coefficient (Wildman–Crippen LogP) is 9.40. The molecule has 216 valence electrons. The Hall–Kier alpha value is -3.21. The van der Waals surface area contributed by atoms with E-state index in [0.717, 1.165) is 74.3 Å². The van der Waals surface area contributed by atoms with Crippen molar-refractivity contribution in [3.05, 3.63) is 78.4 Å². The lowest BCUT2D eigenvalue weighted by atomic mass is 10.1. The Bertz CT molecular complexity index is 1070. The minimum absolute atomic E-state index is 0.0703. The van der Waals surface area contributed by atoms with Crippen LogP contribution in [0.5, 0.6) is 5.75 Å². The number of nitrogens with zero attached hydrogens (tertiary/aromatic N) is 2. The van der Waals surface area contributed by atoms with Gasteiger partial charge in [0, 0.05) is 24.4 Å². The number of rotatable bonds is 20. The minimum atomic E-state index is -0.243. The van der Waals surface area contributed by atoms with E-state index in [4.69, 9.17) is 9.47 Å². The molecule has 3 rings (SSSR count). The highest BCUT2D eigenvalue weighted by Crippen LogP contribution is 2.22. The molecule has 2 aromatic carbocycles. The third kappa shape index (κ3) is 12.3. The number of ether oxygens (including phenoxy) is 2. The average molecular weight is 545 g/mol. The second-order valence-corrected chi connectivity index (χ2v) is 10.8. The van der Waals surface area contributed by atoms with Gasteiger partial charge in [0.05, 0.1) is 18.3 Å². The summed E-state index contributed by atoms with van der Waals surface area (Å²) in [4.78, 5) is 21.3. The molecule has 5 nitrogen and oxygen atoms in total. The van der Waals surface area contributed by atoms with Crippen molar-refractivity contribution in [1.29, 1.82) is 0 Å². The number of benzene rings is 2. The van der Waals surface area contributed by atoms with Crippen LogP contribution in [0.15, 0.2) is 67.0 Å². The zero-order valence-electron chi connectivity index (χ0n) is 24.7. The lowest BCUT2D eigenvalue weighted by Crippen LogP contribution is -2.14. The topological polar surface area (TPSA) is 61.3 Å². The van der Waals surface area contributed by atoms with Crippen LogP contribution in [0, 0.1) is 0 Å². The summed E-state index contributed by atoms with van der Waals surface area (Å²) in [6.07, 6.45) is 20.3. The van der Waals surface area contributed by atoms with Gasteiger partial charge in [0.25, 0.3) is 0 Å². The maximum atomic E-state index is 12.1. The van der Waals surface area contributed by atoms with E-state index in [1.807, 2.05) is 49.6 Å².